The molecule has 0 N–H and O–H groups in total. The molecule has 6 aliphatic carbocycles. The minimum Gasteiger partial charge on any atom is -0.289 e. The number of nitriles is 2. The van der Waals surface area contributed by atoms with Crippen molar-refractivity contribution in [3.63, 3.8) is 0 Å². The maximum atomic E-state index is 14.6. The molecular weight excluding hydrogens is 805 g/mol. The Morgan fingerprint density at radius 2 is 1.12 bits per heavy atom. The summed E-state index contributed by atoms with van der Waals surface area (Å²) in [6, 6.07) is 9.24. The van der Waals surface area contributed by atoms with Crippen molar-refractivity contribution >= 4 is 57.5 Å². The molecule has 6 nitrogen and oxygen atoms in total. The number of benzene rings is 2. The van der Waals surface area contributed by atoms with E-state index in [9.17, 15) is 37.7 Å². The van der Waals surface area contributed by atoms with Gasteiger partial charge >= 0.3 is 0 Å². The fourth-order valence-corrected chi connectivity index (χ4v) is 13.6. The number of Topliss-reactive ketones (excluding diaryl/α,β-unsaturated/α-hetero) is 2. The molecule has 2 fully saturated rings. The van der Waals surface area contributed by atoms with Gasteiger partial charge in [0.1, 0.15) is 0 Å². The molecule has 0 unspecified atom stereocenters. The molecule has 6 aliphatic rings. The van der Waals surface area contributed by atoms with E-state index in [0.29, 0.717) is 4.88 Å². The number of carbonyl (C=O) groups excluding carboxylic acids is 2. The van der Waals surface area contributed by atoms with Crippen LogP contribution in [0.2, 0.25) is 0 Å². The SMILES string of the molecule is [C-]#[N+]C(C#N)=C1/C(=C/C2=Cc3sc4c(c3C23CCCCC3)C2(CCCCC2)c2cc(/C=C3\C(=O)c5cc(F)c(F)cc5\C3=C(\C#N)[N+]#[C-])sc2-4)C(=O)c2cc(F)c(F)cc21. The summed E-state index contributed by atoms with van der Waals surface area (Å²) in [5.41, 5.74) is 2.92. The van der Waals surface area contributed by atoms with Crippen LogP contribution < -0.4 is 0 Å². The summed E-state index contributed by atoms with van der Waals surface area (Å²) in [5.74, 6) is -5.89. The second kappa shape index (κ2) is 13.5. The van der Waals surface area contributed by atoms with Crippen molar-refractivity contribution in [2.75, 3.05) is 0 Å². The molecule has 292 valence electrons. The molecular formula is C48H28F4N4O2S2. The molecule has 60 heavy (non-hydrogen) atoms. The van der Waals surface area contributed by atoms with Crippen molar-refractivity contribution in [2.45, 2.75) is 75.0 Å². The van der Waals surface area contributed by atoms with Gasteiger partial charge < -0.3 is 0 Å². The van der Waals surface area contributed by atoms with Crippen LogP contribution in [-0.4, -0.2) is 11.6 Å². The Kier molecular flexibility index (Phi) is 8.54. The van der Waals surface area contributed by atoms with E-state index in [1.165, 1.54) is 22.5 Å². The van der Waals surface area contributed by atoms with Crippen LogP contribution in [0, 0.1) is 59.1 Å². The summed E-state index contributed by atoms with van der Waals surface area (Å²) < 4.78 is 58.0. The molecule has 2 saturated carbocycles. The molecule has 0 bridgehead atoms. The minimum atomic E-state index is -1.20. The predicted molar refractivity (Wildman–Crippen MR) is 220 cm³/mol. The first-order valence-electron chi connectivity index (χ1n) is 19.6. The maximum Gasteiger partial charge on any atom is 0.270 e. The zero-order chi connectivity index (χ0) is 41.8. The third kappa shape index (κ3) is 5.05. The molecule has 4 aromatic rings. The molecule has 2 aromatic carbocycles. The first-order chi connectivity index (χ1) is 29.0. The number of halogens is 4. The van der Waals surface area contributed by atoms with E-state index in [-0.39, 0.29) is 61.4 Å². The molecule has 12 heteroatoms. The number of fused-ring (bicyclic) bond motifs is 10. The number of thiophene rings is 2. The molecule has 0 saturated heterocycles. The fraction of sp³-hybridized carbons (Fsp3) is 0.250. The fourth-order valence-electron chi connectivity index (χ4n) is 10.8. The third-order valence-corrected chi connectivity index (χ3v) is 15.7. The van der Waals surface area contributed by atoms with E-state index in [2.05, 4.69) is 21.8 Å². The first-order valence-corrected chi connectivity index (χ1v) is 21.2. The predicted octanol–water partition coefficient (Wildman–Crippen LogP) is 12.6. The number of rotatable bonds is 2. The van der Waals surface area contributed by atoms with Crippen LogP contribution in [0.15, 0.2) is 64.5 Å². The quantitative estimate of drug-likeness (QED) is 0.0870. The topological polar surface area (TPSA) is 90.4 Å². The second-order valence-corrected chi connectivity index (χ2v) is 18.3. The molecule has 0 atom stereocenters. The van der Waals surface area contributed by atoms with Crippen molar-refractivity contribution in [2.24, 2.45) is 0 Å². The van der Waals surface area contributed by atoms with E-state index in [4.69, 9.17) is 13.1 Å². The van der Waals surface area contributed by atoms with Gasteiger partial charge in [0.2, 0.25) is 0 Å². The molecule has 10 rings (SSSR count). The Bertz CT molecular complexity index is 3050. The number of hydrogen-bond donors (Lipinski definition) is 0. The van der Waals surface area contributed by atoms with Gasteiger partial charge in [0.15, 0.2) is 34.8 Å². The molecule has 2 heterocycles. The first kappa shape index (κ1) is 37.8. The molecule has 2 spiro atoms. The minimum absolute atomic E-state index is 0.00967. The van der Waals surface area contributed by atoms with E-state index >= 15 is 0 Å². The van der Waals surface area contributed by atoms with Crippen LogP contribution in [-0.2, 0) is 10.8 Å². The van der Waals surface area contributed by atoms with E-state index < -0.39 is 40.3 Å². The van der Waals surface area contributed by atoms with Gasteiger partial charge in [-0.25, -0.2) is 37.8 Å². The Morgan fingerprint density at radius 1 is 0.633 bits per heavy atom. The average molecular weight is 833 g/mol. The largest absolute Gasteiger partial charge is 0.289 e. The van der Waals surface area contributed by atoms with Crippen LogP contribution >= 0.6 is 22.7 Å². The lowest BCUT2D eigenvalue weighted by Gasteiger charge is -2.42. The zero-order valence-electron chi connectivity index (χ0n) is 31.6. The van der Waals surface area contributed by atoms with Crippen molar-refractivity contribution in [1.82, 2.24) is 0 Å². The van der Waals surface area contributed by atoms with Crippen LogP contribution in [0.3, 0.4) is 0 Å². The van der Waals surface area contributed by atoms with E-state index in [1.807, 2.05) is 12.1 Å². The highest BCUT2D eigenvalue weighted by atomic mass is 32.1. The van der Waals surface area contributed by atoms with Gasteiger partial charge in [-0.2, -0.15) is 0 Å². The number of allylic oxidation sites excluding steroid dienone is 8. The lowest BCUT2D eigenvalue weighted by molar-refractivity contribution is 0.103. The molecule has 0 aliphatic heterocycles. The summed E-state index contributed by atoms with van der Waals surface area (Å²) in [6.45, 7) is 15.4. The molecule has 0 radical (unpaired) electrons. The zero-order valence-corrected chi connectivity index (χ0v) is 33.3. The Balaban J connectivity index is 1.15. The highest BCUT2D eigenvalue weighted by molar-refractivity contribution is 7.23. The van der Waals surface area contributed by atoms with Crippen molar-refractivity contribution in [3.05, 3.63) is 159 Å². The maximum absolute atomic E-state index is 14.6. The second-order valence-electron chi connectivity index (χ2n) is 16.1. The van der Waals surface area contributed by atoms with Gasteiger partial charge in [0.05, 0.1) is 25.3 Å². The van der Waals surface area contributed by atoms with Gasteiger partial charge in [0, 0.05) is 63.8 Å². The Morgan fingerprint density at radius 3 is 1.62 bits per heavy atom. The number of carbonyl (C=O) groups is 2. The normalized spacial score (nSPS) is 21.8. The lowest BCUT2D eigenvalue weighted by Crippen LogP contribution is -2.35. The lowest BCUT2D eigenvalue weighted by atomic mass is 9.61. The smallest absolute Gasteiger partial charge is 0.270 e. The monoisotopic (exact) mass is 832 g/mol. The van der Waals surface area contributed by atoms with Gasteiger partial charge in [0.25, 0.3) is 11.4 Å². The van der Waals surface area contributed by atoms with Crippen LogP contribution in [0.25, 0.3) is 42.7 Å². The van der Waals surface area contributed by atoms with Gasteiger partial charge in [-0.3, -0.25) is 9.59 Å². The average Bonchev–Trinajstić information content (AvgIpc) is 4.06. The van der Waals surface area contributed by atoms with Crippen LogP contribution in [0.5, 0.6) is 0 Å². The summed E-state index contributed by atoms with van der Waals surface area (Å²) in [7, 11) is 0. The number of hydrogen-bond acceptors (Lipinski definition) is 6. The van der Waals surface area contributed by atoms with E-state index in [1.54, 1.807) is 23.5 Å². The van der Waals surface area contributed by atoms with Gasteiger partial charge in [-0.15, -0.1) is 22.7 Å². The van der Waals surface area contributed by atoms with Crippen LogP contribution in [0.4, 0.5) is 17.6 Å². The summed E-state index contributed by atoms with van der Waals surface area (Å²) in [5, 5.41) is 19.9. The van der Waals surface area contributed by atoms with Gasteiger partial charge in [-0.1, -0.05) is 38.5 Å². The molecule has 2 aromatic heterocycles. The van der Waals surface area contributed by atoms with Crippen LogP contribution in [0.1, 0.15) is 122 Å². The number of ketones is 2. The Hall–Kier alpha value is -6.44. The van der Waals surface area contributed by atoms with Crippen molar-refractivity contribution in [3.8, 4) is 21.9 Å². The number of nitrogens with zero attached hydrogens (tertiary/aromatic N) is 4. The molecule has 0 amide bonds. The van der Waals surface area contributed by atoms with Crippen molar-refractivity contribution < 1.29 is 27.2 Å². The summed E-state index contributed by atoms with van der Waals surface area (Å²) >= 11 is 3.17. The third-order valence-electron chi connectivity index (χ3n) is 13.3. The highest BCUT2D eigenvalue weighted by Gasteiger charge is 2.54. The summed E-state index contributed by atoms with van der Waals surface area (Å²) in [6.07, 6.45) is 14.8. The summed E-state index contributed by atoms with van der Waals surface area (Å²) in [4.78, 5) is 38.6. The Labute approximate surface area is 350 Å². The highest BCUT2D eigenvalue weighted by Crippen LogP contribution is 2.68. The van der Waals surface area contributed by atoms with Gasteiger partial charge in [-0.05, 0) is 108 Å². The van der Waals surface area contributed by atoms with E-state index in [0.717, 1.165) is 114 Å². The standard InChI is InChI=1S/C48H28F4N4O2S2/c1-55-36(21-53)39-25-17-32(49)34(51)19-27(25)43(57)29(39)13-23-14-38-41(47(23)9-5-3-6-10-47)42-46(60-38)45-31(48(42)11-7-4-8-12-48)16-24(59-45)15-30-40(37(22-54)56-2)26-18-33(50)35(52)20-28(26)44(30)58/h13-20H,3-12H2/b29-13-,30-15-,39-36?,40-37+. The van der Waals surface area contributed by atoms with Crippen molar-refractivity contribution in [1.29, 1.82) is 10.5 Å².